The number of carbonyl (C=O) groups is 8. The summed E-state index contributed by atoms with van der Waals surface area (Å²) in [6.45, 7) is 7.31. The SMILES string of the molecule is CC(C)(C)C(=O)[C@H](OCNC(=O)CNC(=O)[C@H](Cc1ccccc1)NC(=O)CNC(=O)CNC(=O)CCCCCN1C(=O)CC(C(C)(C)C)C1=O)C(F)(F)F. The average Bonchev–Trinajstić information content (AvgIpc) is 3.38. The van der Waals surface area contributed by atoms with Crippen molar-refractivity contribution in [2.24, 2.45) is 16.7 Å². The zero-order valence-corrected chi connectivity index (χ0v) is 32.2. The molecule has 1 fully saturated rings. The lowest BCUT2D eigenvalue weighted by molar-refractivity contribution is -0.222. The van der Waals surface area contributed by atoms with Crippen molar-refractivity contribution in [1.29, 1.82) is 0 Å². The standard InChI is InChI=1S/C37H53F3N6O9/c1-35(2,3)24-18-30(51)46(34(24)54)16-12-8-11-15-26(47)41-19-27(48)42-21-29(50)45-25(17-23-13-9-7-10-14-23)33(53)43-20-28(49)44-22-55-32(37(38,39)40)31(52)36(4,5)6/h7,9-10,13-14,24-25,32H,8,11-12,15-22H2,1-6H3,(H,41,47)(H,42,48)(H,43,53)(H,44,49)(H,45,50)/t24?,25-,32-/m0/s1. The van der Waals surface area contributed by atoms with E-state index in [9.17, 15) is 51.5 Å². The molecule has 3 atom stereocenters. The third kappa shape index (κ3) is 16.2. The number of likely N-dealkylation sites (tertiary alicyclic amines) is 1. The van der Waals surface area contributed by atoms with Gasteiger partial charge in [-0.3, -0.25) is 43.3 Å². The summed E-state index contributed by atoms with van der Waals surface area (Å²) >= 11 is 0. The van der Waals surface area contributed by atoms with Crippen LogP contribution in [0.3, 0.4) is 0 Å². The van der Waals surface area contributed by atoms with Gasteiger partial charge in [0.15, 0.2) is 5.78 Å². The highest BCUT2D eigenvalue weighted by Crippen LogP contribution is 2.35. The van der Waals surface area contributed by atoms with E-state index < -0.39 is 85.4 Å². The van der Waals surface area contributed by atoms with E-state index in [0.29, 0.717) is 24.8 Å². The van der Waals surface area contributed by atoms with E-state index in [1.54, 1.807) is 30.3 Å². The number of hydrogen-bond acceptors (Lipinski definition) is 9. The Bertz CT molecular complexity index is 1540. The van der Waals surface area contributed by atoms with Crippen LogP contribution in [0.1, 0.15) is 79.2 Å². The molecule has 5 N–H and O–H groups in total. The lowest BCUT2D eigenvalue weighted by Gasteiger charge is -2.26. The minimum absolute atomic E-state index is 0.0165. The number of alkyl halides is 3. The summed E-state index contributed by atoms with van der Waals surface area (Å²) < 4.78 is 44.7. The lowest BCUT2D eigenvalue weighted by atomic mass is 9.80. The van der Waals surface area contributed by atoms with Gasteiger partial charge < -0.3 is 31.3 Å². The molecule has 0 saturated carbocycles. The molecular weight excluding hydrogens is 729 g/mol. The van der Waals surface area contributed by atoms with Crippen LogP contribution in [-0.2, 0) is 49.5 Å². The second kappa shape index (κ2) is 20.7. The number of amides is 7. The van der Waals surface area contributed by atoms with Crippen LogP contribution in [0.5, 0.6) is 0 Å². The molecule has 1 unspecified atom stereocenters. The van der Waals surface area contributed by atoms with E-state index in [0.717, 1.165) is 0 Å². The number of ether oxygens (including phenoxy) is 1. The van der Waals surface area contributed by atoms with Crippen molar-refractivity contribution >= 4 is 47.1 Å². The number of nitrogens with zero attached hydrogens (tertiary/aromatic N) is 1. The van der Waals surface area contributed by atoms with Gasteiger partial charge in [-0.25, -0.2) is 0 Å². The van der Waals surface area contributed by atoms with Crippen LogP contribution in [0.2, 0.25) is 0 Å². The summed E-state index contributed by atoms with van der Waals surface area (Å²) in [7, 11) is 0. The number of benzene rings is 1. The fourth-order valence-electron chi connectivity index (χ4n) is 5.41. The summed E-state index contributed by atoms with van der Waals surface area (Å²) in [4.78, 5) is 101. The van der Waals surface area contributed by atoms with Gasteiger partial charge in [-0.15, -0.1) is 0 Å². The van der Waals surface area contributed by atoms with Gasteiger partial charge in [0, 0.05) is 31.2 Å². The number of Topliss-reactive ketones (excluding diaryl/α,β-unsaturated/α-hetero) is 1. The van der Waals surface area contributed by atoms with Gasteiger partial charge >= 0.3 is 6.18 Å². The molecule has 55 heavy (non-hydrogen) atoms. The largest absolute Gasteiger partial charge is 0.421 e. The summed E-state index contributed by atoms with van der Waals surface area (Å²) in [6.07, 6.45) is -5.92. The van der Waals surface area contributed by atoms with Crippen molar-refractivity contribution in [1.82, 2.24) is 31.5 Å². The van der Waals surface area contributed by atoms with Crippen molar-refractivity contribution in [3.05, 3.63) is 35.9 Å². The molecule has 0 aromatic heterocycles. The maximum Gasteiger partial charge on any atom is 0.421 e. The Morgan fingerprint density at radius 1 is 0.782 bits per heavy atom. The number of hydrogen-bond donors (Lipinski definition) is 5. The maximum absolute atomic E-state index is 13.4. The quantitative estimate of drug-likeness (QED) is 0.0740. The molecule has 1 aliphatic rings. The molecule has 1 aliphatic heterocycles. The average molecular weight is 783 g/mol. The first kappa shape index (κ1) is 46.3. The molecule has 18 heteroatoms. The molecule has 1 aromatic rings. The van der Waals surface area contributed by atoms with Crippen molar-refractivity contribution in [3.8, 4) is 0 Å². The summed E-state index contributed by atoms with van der Waals surface area (Å²) in [5.74, 6) is -5.53. The Balaban J connectivity index is 1.77. The molecule has 306 valence electrons. The molecule has 1 saturated heterocycles. The Hall–Kier alpha value is -4.87. The van der Waals surface area contributed by atoms with Crippen LogP contribution in [0.25, 0.3) is 0 Å². The maximum atomic E-state index is 13.4. The first-order chi connectivity index (χ1) is 25.5. The number of carbonyl (C=O) groups excluding carboxylic acids is 8. The van der Waals surface area contributed by atoms with Gasteiger partial charge in [-0.1, -0.05) is 78.3 Å². The molecule has 0 aliphatic carbocycles. The minimum Gasteiger partial charge on any atom is -0.347 e. The van der Waals surface area contributed by atoms with Crippen LogP contribution >= 0.6 is 0 Å². The summed E-state index contributed by atoms with van der Waals surface area (Å²) in [5.41, 5.74) is -1.04. The summed E-state index contributed by atoms with van der Waals surface area (Å²) in [6, 6.07) is 7.29. The highest BCUT2D eigenvalue weighted by molar-refractivity contribution is 6.03. The topological polar surface area (TPSA) is 209 Å². The van der Waals surface area contributed by atoms with E-state index in [1.165, 1.54) is 25.7 Å². The van der Waals surface area contributed by atoms with Crippen molar-refractivity contribution in [2.45, 2.75) is 98.4 Å². The fraction of sp³-hybridized carbons (Fsp3) is 0.622. The number of halogens is 3. The Labute approximate surface area is 318 Å². The lowest BCUT2D eigenvalue weighted by Crippen LogP contribution is -2.52. The van der Waals surface area contributed by atoms with Crippen molar-refractivity contribution < 1.29 is 56.3 Å². The van der Waals surface area contributed by atoms with E-state index in [4.69, 9.17) is 0 Å². The highest BCUT2D eigenvalue weighted by Gasteiger charge is 2.49. The van der Waals surface area contributed by atoms with Crippen LogP contribution in [-0.4, -0.2) is 103 Å². The molecule has 1 heterocycles. The molecule has 7 amide bonds. The Morgan fingerprint density at radius 2 is 1.36 bits per heavy atom. The van der Waals surface area contributed by atoms with Gasteiger partial charge in [0.1, 0.15) is 12.8 Å². The molecule has 2 rings (SSSR count). The van der Waals surface area contributed by atoms with E-state index in [2.05, 4.69) is 26.0 Å². The molecule has 0 radical (unpaired) electrons. The van der Waals surface area contributed by atoms with Gasteiger partial charge in [0.2, 0.25) is 47.5 Å². The predicted octanol–water partition coefficient (Wildman–Crippen LogP) is 1.68. The molecule has 0 bridgehead atoms. The number of ketones is 1. The first-order valence-electron chi connectivity index (χ1n) is 18.0. The number of unbranched alkanes of at least 4 members (excludes halogenated alkanes) is 2. The highest BCUT2D eigenvalue weighted by atomic mass is 19.4. The first-order valence-corrected chi connectivity index (χ1v) is 18.0. The van der Waals surface area contributed by atoms with Crippen LogP contribution < -0.4 is 26.6 Å². The molecule has 15 nitrogen and oxygen atoms in total. The Morgan fingerprint density at radius 3 is 1.95 bits per heavy atom. The van der Waals surface area contributed by atoms with E-state index >= 15 is 0 Å². The van der Waals surface area contributed by atoms with Crippen molar-refractivity contribution in [2.75, 3.05) is 32.9 Å². The van der Waals surface area contributed by atoms with Crippen LogP contribution in [0.15, 0.2) is 30.3 Å². The zero-order chi connectivity index (χ0) is 41.6. The van der Waals surface area contributed by atoms with Gasteiger partial charge in [-0.2, -0.15) is 13.2 Å². The third-order valence-electron chi connectivity index (χ3n) is 8.62. The predicted molar refractivity (Wildman–Crippen MR) is 192 cm³/mol. The normalized spacial score (nSPS) is 15.9. The molecule has 1 aromatic carbocycles. The smallest absolute Gasteiger partial charge is 0.347 e. The second-order valence-corrected chi connectivity index (χ2v) is 15.3. The molecule has 0 spiro atoms. The minimum atomic E-state index is -5.01. The number of nitrogens with one attached hydrogen (secondary N) is 5. The second-order valence-electron chi connectivity index (χ2n) is 15.3. The van der Waals surface area contributed by atoms with Gasteiger partial charge in [0.05, 0.1) is 25.6 Å². The van der Waals surface area contributed by atoms with Crippen LogP contribution in [0, 0.1) is 16.7 Å². The van der Waals surface area contributed by atoms with E-state index in [1.807, 2.05) is 26.1 Å². The summed E-state index contributed by atoms with van der Waals surface area (Å²) in [5, 5.41) is 11.6. The van der Waals surface area contributed by atoms with Gasteiger partial charge in [-0.05, 0) is 23.8 Å². The zero-order valence-electron chi connectivity index (χ0n) is 32.2. The van der Waals surface area contributed by atoms with E-state index in [-0.39, 0.29) is 49.0 Å². The van der Waals surface area contributed by atoms with Crippen LogP contribution in [0.4, 0.5) is 13.2 Å². The number of imide groups is 1. The van der Waals surface area contributed by atoms with Gasteiger partial charge in [0.25, 0.3) is 0 Å². The fourth-order valence-corrected chi connectivity index (χ4v) is 5.41. The monoisotopic (exact) mass is 782 g/mol. The third-order valence-corrected chi connectivity index (χ3v) is 8.62. The number of rotatable bonds is 20. The molecular formula is C37H53F3N6O9. The van der Waals surface area contributed by atoms with Crippen molar-refractivity contribution in [3.63, 3.8) is 0 Å². The Kier molecular flexibility index (Phi) is 17.4.